The molecule has 0 atom stereocenters. The minimum atomic E-state index is -3.82. The van der Waals surface area contributed by atoms with Crippen LogP contribution >= 0.6 is 0 Å². The molecule has 3 N–H and O–H groups in total. The highest BCUT2D eigenvalue weighted by atomic mass is 32.2. The van der Waals surface area contributed by atoms with Crippen LogP contribution < -0.4 is 15.4 Å². The zero-order valence-electron chi connectivity index (χ0n) is 16.7. The van der Waals surface area contributed by atoms with Crippen molar-refractivity contribution in [2.75, 3.05) is 11.3 Å². The van der Waals surface area contributed by atoms with E-state index in [1.165, 1.54) is 36.4 Å². The van der Waals surface area contributed by atoms with E-state index in [9.17, 15) is 22.8 Å². The molecule has 0 heterocycles. The maximum atomic E-state index is 12.4. The molecule has 0 bridgehead atoms. The smallest absolute Gasteiger partial charge is 0.338 e. The van der Waals surface area contributed by atoms with Gasteiger partial charge in [-0.25, -0.2) is 18.0 Å². The topological polar surface area (TPSA) is 131 Å². The minimum Gasteiger partial charge on any atom is -0.452 e. The second-order valence-electron chi connectivity index (χ2n) is 7.08. The molecule has 10 heteroatoms. The molecule has 0 saturated heterocycles. The second kappa shape index (κ2) is 10.1. The van der Waals surface area contributed by atoms with Gasteiger partial charge in [0.25, 0.3) is 15.9 Å². The lowest BCUT2D eigenvalue weighted by Gasteiger charge is -2.12. The molecule has 3 amide bonds. The predicted octanol–water partition coefficient (Wildman–Crippen LogP) is 2.41. The Morgan fingerprint density at radius 3 is 2.39 bits per heavy atom. The monoisotopic (exact) mass is 445 g/mol. The zero-order valence-corrected chi connectivity index (χ0v) is 17.5. The van der Waals surface area contributed by atoms with Gasteiger partial charge in [0.2, 0.25) is 0 Å². The van der Waals surface area contributed by atoms with Crippen LogP contribution in [-0.4, -0.2) is 39.0 Å². The molecule has 31 heavy (non-hydrogen) atoms. The fourth-order valence-electron chi connectivity index (χ4n) is 3.19. The molecule has 1 fully saturated rings. The fourth-order valence-corrected chi connectivity index (χ4v) is 4.26. The van der Waals surface area contributed by atoms with E-state index < -0.39 is 34.5 Å². The van der Waals surface area contributed by atoms with Crippen LogP contribution in [0.4, 0.5) is 10.5 Å². The highest BCUT2D eigenvalue weighted by molar-refractivity contribution is 7.92. The molecule has 1 aliphatic carbocycles. The van der Waals surface area contributed by atoms with Gasteiger partial charge in [0.1, 0.15) is 0 Å². The highest BCUT2D eigenvalue weighted by Crippen LogP contribution is 2.18. The molecule has 0 aliphatic heterocycles. The van der Waals surface area contributed by atoms with Crippen LogP contribution in [0.25, 0.3) is 0 Å². The number of esters is 1. The van der Waals surface area contributed by atoms with Gasteiger partial charge in [-0.05, 0) is 43.2 Å². The van der Waals surface area contributed by atoms with Gasteiger partial charge in [0.15, 0.2) is 6.61 Å². The number of benzene rings is 2. The molecular formula is C21H23N3O6S. The summed E-state index contributed by atoms with van der Waals surface area (Å²) in [6.45, 7) is -0.642. The average Bonchev–Trinajstić information content (AvgIpc) is 3.25. The van der Waals surface area contributed by atoms with Crippen molar-refractivity contribution in [3.05, 3.63) is 60.2 Å². The second-order valence-corrected chi connectivity index (χ2v) is 8.76. The standard InChI is InChI=1S/C21H23N3O6S/c25-19(23-21(27)22-16-8-4-5-9-16)14-30-20(26)15-7-6-10-17(13-15)24-31(28,29)18-11-2-1-3-12-18/h1-3,6-7,10-13,16,24H,4-5,8-9,14H2,(H2,22,23,25,27). The van der Waals surface area contributed by atoms with E-state index in [2.05, 4.69) is 15.4 Å². The normalized spacial score (nSPS) is 13.9. The summed E-state index contributed by atoms with van der Waals surface area (Å²) in [5, 5.41) is 4.81. The van der Waals surface area contributed by atoms with Crippen LogP contribution in [0.1, 0.15) is 36.0 Å². The number of hydrogen-bond donors (Lipinski definition) is 3. The van der Waals surface area contributed by atoms with Crippen molar-refractivity contribution in [1.29, 1.82) is 0 Å². The predicted molar refractivity (Wildman–Crippen MR) is 113 cm³/mol. The first kappa shape index (κ1) is 22.3. The molecule has 3 rings (SSSR count). The summed E-state index contributed by atoms with van der Waals surface area (Å²) < 4.78 is 32.1. The number of urea groups is 1. The van der Waals surface area contributed by atoms with Gasteiger partial charge in [-0.3, -0.25) is 14.8 Å². The Hall–Kier alpha value is -3.40. The number of ether oxygens (including phenoxy) is 1. The lowest BCUT2D eigenvalue weighted by molar-refractivity contribution is -0.123. The zero-order chi connectivity index (χ0) is 22.3. The number of hydrogen-bond acceptors (Lipinski definition) is 6. The molecule has 0 spiro atoms. The molecule has 2 aromatic carbocycles. The fraction of sp³-hybridized carbons (Fsp3) is 0.286. The number of imide groups is 1. The molecule has 1 aliphatic rings. The molecule has 0 aromatic heterocycles. The van der Waals surface area contributed by atoms with Crippen molar-refractivity contribution in [1.82, 2.24) is 10.6 Å². The van der Waals surface area contributed by atoms with Gasteiger partial charge in [0.05, 0.1) is 10.5 Å². The first-order valence-corrected chi connectivity index (χ1v) is 11.3. The van der Waals surface area contributed by atoms with Gasteiger partial charge in [-0.2, -0.15) is 0 Å². The first-order valence-electron chi connectivity index (χ1n) is 9.79. The summed E-state index contributed by atoms with van der Waals surface area (Å²) in [5.74, 6) is -1.59. The van der Waals surface area contributed by atoms with Crippen LogP contribution in [0.2, 0.25) is 0 Å². The minimum absolute atomic E-state index is 0.0523. The van der Waals surface area contributed by atoms with Crippen molar-refractivity contribution in [2.45, 2.75) is 36.6 Å². The summed E-state index contributed by atoms with van der Waals surface area (Å²) in [7, 11) is -3.82. The lowest BCUT2D eigenvalue weighted by Crippen LogP contribution is -2.44. The molecular weight excluding hydrogens is 422 g/mol. The maximum Gasteiger partial charge on any atom is 0.338 e. The van der Waals surface area contributed by atoms with E-state index in [0.717, 1.165) is 25.7 Å². The van der Waals surface area contributed by atoms with Gasteiger partial charge in [-0.1, -0.05) is 37.1 Å². The van der Waals surface area contributed by atoms with Gasteiger partial charge in [-0.15, -0.1) is 0 Å². The van der Waals surface area contributed by atoms with E-state index in [1.54, 1.807) is 18.2 Å². The number of carbonyl (C=O) groups excluding carboxylic acids is 3. The van der Waals surface area contributed by atoms with E-state index in [-0.39, 0.29) is 22.2 Å². The number of sulfonamides is 1. The van der Waals surface area contributed by atoms with E-state index in [1.807, 2.05) is 0 Å². The third kappa shape index (κ3) is 6.54. The number of carbonyl (C=O) groups is 3. The Bertz CT molecular complexity index is 1050. The Morgan fingerprint density at radius 1 is 0.968 bits per heavy atom. The third-order valence-corrected chi connectivity index (χ3v) is 6.08. The summed E-state index contributed by atoms with van der Waals surface area (Å²) in [5.41, 5.74) is 0.218. The summed E-state index contributed by atoms with van der Waals surface area (Å²) in [6.07, 6.45) is 3.83. The average molecular weight is 445 g/mol. The van der Waals surface area contributed by atoms with Crippen LogP contribution in [0.5, 0.6) is 0 Å². The third-order valence-electron chi connectivity index (χ3n) is 4.68. The summed E-state index contributed by atoms with van der Waals surface area (Å²) in [4.78, 5) is 35.9. The Labute approximate surface area is 180 Å². The highest BCUT2D eigenvalue weighted by Gasteiger charge is 2.19. The molecule has 0 unspecified atom stereocenters. The molecule has 0 radical (unpaired) electrons. The molecule has 2 aromatic rings. The maximum absolute atomic E-state index is 12.4. The molecule has 164 valence electrons. The number of rotatable bonds is 7. The van der Waals surface area contributed by atoms with E-state index >= 15 is 0 Å². The lowest BCUT2D eigenvalue weighted by atomic mass is 10.2. The largest absolute Gasteiger partial charge is 0.452 e. The van der Waals surface area contributed by atoms with Crippen molar-refractivity contribution in [2.24, 2.45) is 0 Å². The number of anilines is 1. The van der Waals surface area contributed by atoms with Crippen molar-refractivity contribution >= 4 is 33.6 Å². The summed E-state index contributed by atoms with van der Waals surface area (Å²) in [6, 6.07) is 12.9. The Kier molecular flexibility index (Phi) is 7.24. The molecule has 1 saturated carbocycles. The number of amides is 3. The van der Waals surface area contributed by atoms with Crippen LogP contribution in [0.3, 0.4) is 0 Å². The number of nitrogens with one attached hydrogen (secondary N) is 3. The van der Waals surface area contributed by atoms with Crippen molar-refractivity contribution in [3.63, 3.8) is 0 Å². The van der Waals surface area contributed by atoms with Crippen molar-refractivity contribution in [3.8, 4) is 0 Å². The first-order chi connectivity index (χ1) is 14.8. The van der Waals surface area contributed by atoms with Crippen molar-refractivity contribution < 1.29 is 27.5 Å². The quantitative estimate of drug-likeness (QED) is 0.561. The van der Waals surface area contributed by atoms with Crippen LogP contribution in [0, 0.1) is 0 Å². The van der Waals surface area contributed by atoms with Gasteiger partial charge in [0, 0.05) is 11.7 Å². The Balaban J connectivity index is 1.52. The van der Waals surface area contributed by atoms with Gasteiger partial charge >= 0.3 is 12.0 Å². The van der Waals surface area contributed by atoms with E-state index in [4.69, 9.17) is 4.74 Å². The van der Waals surface area contributed by atoms with E-state index in [0.29, 0.717) is 0 Å². The summed E-state index contributed by atoms with van der Waals surface area (Å²) >= 11 is 0. The van der Waals surface area contributed by atoms with Crippen LogP contribution in [0.15, 0.2) is 59.5 Å². The SMILES string of the molecule is O=C(COC(=O)c1cccc(NS(=O)(=O)c2ccccc2)c1)NC(=O)NC1CCCC1. The van der Waals surface area contributed by atoms with Gasteiger partial charge < -0.3 is 10.1 Å². The molecule has 9 nitrogen and oxygen atoms in total. The Morgan fingerprint density at radius 2 is 1.68 bits per heavy atom. The van der Waals surface area contributed by atoms with Crippen LogP contribution in [-0.2, 0) is 19.6 Å².